The Hall–Kier alpha value is -4.67. The molecule has 1 saturated carbocycles. The molecule has 0 bridgehead atoms. The van der Waals surface area contributed by atoms with Gasteiger partial charge in [0, 0.05) is 36.0 Å². The first-order chi connectivity index (χ1) is 21.8. The van der Waals surface area contributed by atoms with Gasteiger partial charge < -0.3 is 30.9 Å². The lowest BCUT2D eigenvalue weighted by molar-refractivity contribution is -0.126. The van der Waals surface area contributed by atoms with E-state index in [1.807, 2.05) is 48.5 Å². The summed E-state index contributed by atoms with van der Waals surface area (Å²) in [4.78, 5) is 38.5. The first-order valence-electron chi connectivity index (χ1n) is 15.5. The van der Waals surface area contributed by atoms with Crippen LogP contribution in [-0.2, 0) is 11.2 Å². The Morgan fingerprint density at radius 1 is 0.956 bits per heavy atom. The van der Waals surface area contributed by atoms with Crippen molar-refractivity contribution in [2.24, 2.45) is 11.8 Å². The Morgan fingerprint density at radius 3 is 2.49 bits per heavy atom. The van der Waals surface area contributed by atoms with Crippen molar-refractivity contribution in [1.82, 2.24) is 15.6 Å². The van der Waals surface area contributed by atoms with Gasteiger partial charge in [0.25, 0.3) is 0 Å². The number of fused-ring (bicyclic) bond motifs is 1. The molecule has 7 N–H and O–H groups in total. The zero-order chi connectivity index (χ0) is 31.8. The molecule has 0 saturated heterocycles. The van der Waals surface area contributed by atoms with Gasteiger partial charge in [-0.05, 0) is 85.9 Å². The number of aliphatic hydroxyl groups excluding tert-OH is 1. The number of carbonyl (C=O) groups excluding carboxylic acids is 1. The molecule has 1 unspecified atom stereocenters. The van der Waals surface area contributed by atoms with Crippen molar-refractivity contribution in [3.8, 4) is 16.9 Å². The second-order valence-electron chi connectivity index (χ2n) is 11.7. The number of carboxylic acid groups (broad SMARTS) is 1. The van der Waals surface area contributed by atoms with Gasteiger partial charge in [-0.1, -0.05) is 48.5 Å². The second-order valence-corrected chi connectivity index (χ2v) is 11.7. The number of aromatic hydroxyl groups is 1. The Kier molecular flexibility index (Phi) is 10.5. The van der Waals surface area contributed by atoms with Crippen molar-refractivity contribution in [2.45, 2.75) is 44.6 Å². The molecular weight excluding hydrogens is 572 g/mol. The lowest BCUT2D eigenvalue weighted by atomic mass is 9.81. The summed E-state index contributed by atoms with van der Waals surface area (Å²) in [5, 5.41) is 39.7. The van der Waals surface area contributed by atoms with Gasteiger partial charge in [-0.15, -0.1) is 0 Å². The van der Waals surface area contributed by atoms with Crippen LogP contribution < -0.4 is 21.5 Å². The molecule has 1 aliphatic carbocycles. The van der Waals surface area contributed by atoms with Gasteiger partial charge >= 0.3 is 6.09 Å². The summed E-state index contributed by atoms with van der Waals surface area (Å²) >= 11 is 0. The molecule has 10 heteroatoms. The topological polar surface area (TPSA) is 164 Å². The maximum absolute atomic E-state index is 12.8. The molecule has 2 amide bonds. The van der Waals surface area contributed by atoms with Crippen molar-refractivity contribution in [3.63, 3.8) is 0 Å². The van der Waals surface area contributed by atoms with Gasteiger partial charge in [0.2, 0.25) is 11.5 Å². The Balaban J connectivity index is 1.02. The number of nitrogens with one attached hydrogen (secondary N) is 4. The van der Waals surface area contributed by atoms with Crippen LogP contribution in [0.15, 0.2) is 77.6 Å². The lowest BCUT2D eigenvalue weighted by Crippen LogP contribution is -2.36. The van der Waals surface area contributed by atoms with Gasteiger partial charge in [0.05, 0.1) is 17.3 Å². The summed E-state index contributed by atoms with van der Waals surface area (Å²) in [6.07, 6.45) is 3.05. The number of rotatable bonds is 12. The van der Waals surface area contributed by atoms with E-state index in [4.69, 9.17) is 0 Å². The molecule has 1 fully saturated rings. The molecule has 3 aromatic carbocycles. The minimum atomic E-state index is -1.11. The van der Waals surface area contributed by atoms with Gasteiger partial charge in [0.15, 0.2) is 0 Å². The molecule has 5 rings (SSSR count). The zero-order valence-corrected chi connectivity index (χ0v) is 25.1. The number of phenolic OH excluding ortho intramolecular Hbond substituents is 1. The smallest absolute Gasteiger partial charge is 0.409 e. The van der Waals surface area contributed by atoms with E-state index in [0.717, 1.165) is 55.3 Å². The molecule has 0 spiro atoms. The fourth-order valence-corrected chi connectivity index (χ4v) is 6.20. The van der Waals surface area contributed by atoms with Gasteiger partial charge in [-0.3, -0.25) is 14.9 Å². The number of aliphatic hydroxyl groups is 1. The quantitative estimate of drug-likeness (QED) is 0.109. The predicted molar refractivity (Wildman–Crippen MR) is 174 cm³/mol. The lowest BCUT2D eigenvalue weighted by Gasteiger charge is -2.28. The number of H-pyrrole nitrogens is 1. The van der Waals surface area contributed by atoms with Crippen molar-refractivity contribution in [1.29, 1.82) is 0 Å². The Labute approximate surface area is 261 Å². The van der Waals surface area contributed by atoms with Crippen molar-refractivity contribution >= 4 is 28.6 Å². The van der Waals surface area contributed by atoms with Crippen LogP contribution in [0.4, 0.5) is 10.5 Å². The van der Waals surface area contributed by atoms with E-state index in [1.54, 1.807) is 12.1 Å². The summed E-state index contributed by atoms with van der Waals surface area (Å²) in [5.41, 5.74) is 3.93. The van der Waals surface area contributed by atoms with E-state index in [0.29, 0.717) is 47.6 Å². The third-order valence-electron chi connectivity index (χ3n) is 8.61. The number of aromatic amines is 1. The maximum Gasteiger partial charge on any atom is 0.409 e. The summed E-state index contributed by atoms with van der Waals surface area (Å²) in [6, 6.07) is 21.6. The number of benzene rings is 3. The number of hydrogen-bond acceptors (Lipinski definition) is 6. The third-order valence-corrected chi connectivity index (χ3v) is 8.61. The number of aromatic nitrogens is 1. The van der Waals surface area contributed by atoms with E-state index in [-0.39, 0.29) is 23.1 Å². The standard InChI is InChI=1S/C35H40N4O6/c40-30-16-14-27(28-15-17-32(42)39-33(28)30)31(41)21-36-20-23-8-11-25(12-9-23)34(43)37-18-4-5-22-10-13-26(24-6-2-1-3-7-24)29(19-22)38-35(44)45/h1-3,6-7,10,13-17,19,23,25,31,36,38,40-41H,4-5,8-9,11-12,18,20-21H2,(H,37,43)(H,39,42)(H,44,45). The highest BCUT2D eigenvalue weighted by Gasteiger charge is 2.26. The van der Waals surface area contributed by atoms with Crippen LogP contribution in [0.25, 0.3) is 22.0 Å². The molecule has 1 aromatic heterocycles. The number of aryl methyl sites for hydroxylation is 1. The Morgan fingerprint density at radius 2 is 1.73 bits per heavy atom. The highest BCUT2D eigenvalue weighted by Crippen LogP contribution is 2.31. The molecular formula is C35H40N4O6. The monoisotopic (exact) mass is 612 g/mol. The van der Waals surface area contributed by atoms with E-state index >= 15 is 0 Å². The number of pyridine rings is 1. The Bertz CT molecular complexity index is 1680. The van der Waals surface area contributed by atoms with Crippen LogP contribution in [0, 0.1) is 11.8 Å². The van der Waals surface area contributed by atoms with E-state index in [1.165, 1.54) is 12.1 Å². The average molecular weight is 613 g/mol. The minimum absolute atomic E-state index is 0.00566. The van der Waals surface area contributed by atoms with Gasteiger partial charge in [-0.25, -0.2) is 4.79 Å². The second kappa shape index (κ2) is 14.9. The zero-order valence-electron chi connectivity index (χ0n) is 25.1. The summed E-state index contributed by atoms with van der Waals surface area (Å²) in [7, 11) is 0. The summed E-state index contributed by atoms with van der Waals surface area (Å²) in [6.45, 7) is 1.63. The molecule has 236 valence electrons. The number of hydrogen-bond donors (Lipinski definition) is 7. The highest BCUT2D eigenvalue weighted by atomic mass is 16.4. The third kappa shape index (κ3) is 8.29. The SMILES string of the molecule is O=C(O)Nc1cc(CCCNC(=O)C2CCC(CNCC(O)c3ccc(O)c4[nH]c(=O)ccc34)CC2)ccc1-c1ccccc1. The van der Waals surface area contributed by atoms with Crippen LogP contribution >= 0.6 is 0 Å². The van der Waals surface area contributed by atoms with Crippen LogP contribution in [0.3, 0.4) is 0 Å². The van der Waals surface area contributed by atoms with Crippen LogP contribution in [0.5, 0.6) is 5.75 Å². The first-order valence-corrected chi connectivity index (χ1v) is 15.5. The van der Waals surface area contributed by atoms with Crippen LogP contribution in [0.2, 0.25) is 0 Å². The first kappa shape index (κ1) is 31.7. The largest absolute Gasteiger partial charge is 0.506 e. The summed E-state index contributed by atoms with van der Waals surface area (Å²) < 4.78 is 0. The molecule has 10 nitrogen and oxygen atoms in total. The number of phenols is 1. The molecule has 4 aromatic rings. The van der Waals surface area contributed by atoms with Crippen molar-refractivity contribution in [3.05, 3.63) is 94.3 Å². The fraction of sp³-hybridized carbons (Fsp3) is 0.343. The maximum atomic E-state index is 12.8. The molecule has 45 heavy (non-hydrogen) atoms. The molecule has 1 aliphatic rings. The average Bonchev–Trinajstić information content (AvgIpc) is 3.04. The van der Waals surface area contributed by atoms with E-state index in [9.17, 15) is 29.7 Å². The fourth-order valence-electron chi connectivity index (χ4n) is 6.20. The highest BCUT2D eigenvalue weighted by molar-refractivity contribution is 5.91. The predicted octanol–water partition coefficient (Wildman–Crippen LogP) is 5.17. The molecule has 0 radical (unpaired) electrons. The number of anilines is 1. The molecule has 1 atom stereocenters. The summed E-state index contributed by atoms with van der Waals surface area (Å²) in [5.74, 6) is 0.461. The van der Waals surface area contributed by atoms with Gasteiger partial charge in [-0.2, -0.15) is 0 Å². The molecule has 0 aliphatic heterocycles. The van der Waals surface area contributed by atoms with Crippen LogP contribution in [-0.4, -0.2) is 51.9 Å². The minimum Gasteiger partial charge on any atom is -0.506 e. The van der Waals surface area contributed by atoms with Gasteiger partial charge in [0.1, 0.15) is 5.75 Å². The molecule has 1 heterocycles. The van der Waals surface area contributed by atoms with Crippen LogP contribution in [0.1, 0.15) is 49.3 Å². The normalized spacial score (nSPS) is 17.1. The van der Waals surface area contributed by atoms with E-state index < -0.39 is 12.2 Å². The van der Waals surface area contributed by atoms with Crippen molar-refractivity contribution < 1.29 is 24.9 Å². The number of carbonyl (C=O) groups is 2. The number of amides is 2. The van der Waals surface area contributed by atoms with Crippen molar-refractivity contribution in [2.75, 3.05) is 25.0 Å². The van der Waals surface area contributed by atoms with E-state index in [2.05, 4.69) is 20.9 Å².